The molecule has 0 amide bonds. The molecule has 0 heterocycles. The third kappa shape index (κ3) is 4.31. The van der Waals surface area contributed by atoms with Crippen molar-refractivity contribution in [2.45, 2.75) is 25.4 Å². The maximum absolute atomic E-state index is 10.3. The van der Waals surface area contributed by atoms with E-state index in [0.29, 0.717) is 6.42 Å². The van der Waals surface area contributed by atoms with Crippen molar-refractivity contribution < 1.29 is 19.7 Å². The van der Waals surface area contributed by atoms with Crippen LogP contribution in [0.2, 0.25) is 0 Å². The molecule has 1 rings (SSSR count). The first-order chi connectivity index (χ1) is 7.61. The van der Waals surface area contributed by atoms with E-state index in [2.05, 4.69) is 0 Å². The molecule has 2 N–H and O–H groups in total. The van der Waals surface area contributed by atoms with Crippen molar-refractivity contribution in [3.05, 3.63) is 29.8 Å². The lowest BCUT2D eigenvalue weighted by atomic mass is 10.0. The molecule has 0 fully saturated rings. The Labute approximate surface area is 94.5 Å². The van der Waals surface area contributed by atoms with Crippen LogP contribution in [0.4, 0.5) is 0 Å². The van der Waals surface area contributed by atoms with Gasteiger partial charge in [-0.25, -0.2) is 0 Å². The van der Waals surface area contributed by atoms with Gasteiger partial charge in [0, 0.05) is 6.42 Å². The number of rotatable bonds is 6. The van der Waals surface area contributed by atoms with E-state index >= 15 is 0 Å². The Balaban J connectivity index is 2.43. The topological polar surface area (TPSA) is 66.8 Å². The summed E-state index contributed by atoms with van der Waals surface area (Å²) in [5, 5.41) is 18.1. The predicted octanol–water partition coefficient (Wildman–Crippen LogP) is 1.46. The first-order valence-corrected chi connectivity index (χ1v) is 5.14. The minimum absolute atomic E-state index is 0.00266. The number of carboxylic acid groups (broad SMARTS) is 1. The van der Waals surface area contributed by atoms with E-state index in [4.69, 9.17) is 9.84 Å². The normalized spacial score (nSPS) is 12.1. The van der Waals surface area contributed by atoms with Crippen molar-refractivity contribution >= 4 is 5.97 Å². The van der Waals surface area contributed by atoms with Crippen molar-refractivity contribution in [2.75, 3.05) is 7.11 Å². The fraction of sp³-hybridized carbons (Fsp3) is 0.417. The van der Waals surface area contributed by atoms with E-state index in [0.717, 1.165) is 11.3 Å². The number of benzene rings is 1. The highest BCUT2D eigenvalue weighted by atomic mass is 16.5. The van der Waals surface area contributed by atoms with Crippen LogP contribution in [0.15, 0.2) is 24.3 Å². The standard InChI is InChI=1S/C12H16O4/c1-16-11-5-2-9(3-6-11)8-10(13)4-7-12(14)15/h2-3,5-6,10,13H,4,7-8H2,1H3,(H,14,15). The van der Waals surface area contributed by atoms with E-state index in [9.17, 15) is 9.90 Å². The Morgan fingerprint density at radius 1 is 1.38 bits per heavy atom. The maximum atomic E-state index is 10.3. The molecule has 1 aromatic rings. The van der Waals surface area contributed by atoms with Crippen LogP contribution in [0.25, 0.3) is 0 Å². The quantitative estimate of drug-likeness (QED) is 0.767. The number of carbonyl (C=O) groups is 1. The van der Waals surface area contributed by atoms with Crippen LogP contribution in [0.3, 0.4) is 0 Å². The van der Waals surface area contributed by atoms with Crippen LogP contribution in [-0.2, 0) is 11.2 Å². The van der Waals surface area contributed by atoms with Crippen molar-refractivity contribution in [2.24, 2.45) is 0 Å². The predicted molar refractivity (Wildman–Crippen MR) is 59.6 cm³/mol. The van der Waals surface area contributed by atoms with Gasteiger partial charge in [-0.1, -0.05) is 12.1 Å². The number of carboxylic acids is 1. The molecule has 16 heavy (non-hydrogen) atoms. The van der Waals surface area contributed by atoms with Crippen LogP contribution < -0.4 is 4.74 Å². The molecule has 4 heteroatoms. The highest BCUT2D eigenvalue weighted by Crippen LogP contribution is 2.13. The Kier molecular flexibility index (Phi) is 4.79. The van der Waals surface area contributed by atoms with Crippen LogP contribution in [0.5, 0.6) is 5.75 Å². The number of aliphatic carboxylic acids is 1. The molecule has 0 spiro atoms. The van der Waals surface area contributed by atoms with Crippen LogP contribution >= 0.6 is 0 Å². The van der Waals surface area contributed by atoms with Gasteiger partial charge < -0.3 is 14.9 Å². The number of aliphatic hydroxyl groups is 1. The zero-order chi connectivity index (χ0) is 12.0. The zero-order valence-electron chi connectivity index (χ0n) is 9.22. The van der Waals surface area contributed by atoms with Gasteiger partial charge in [-0.15, -0.1) is 0 Å². The molecule has 0 radical (unpaired) electrons. The third-order valence-electron chi connectivity index (χ3n) is 2.32. The van der Waals surface area contributed by atoms with E-state index in [1.807, 2.05) is 24.3 Å². The van der Waals surface area contributed by atoms with Crippen molar-refractivity contribution in [3.8, 4) is 5.75 Å². The molecule has 1 atom stereocenters. The van der Waals surface area contributed by atoms with E-state index in [1.165, 1.54) is 0 Å². The highest BCUT2D eigenvalue weighted by Gasteiger charge is 2.08. The van der Waals surface area contributed by atoms with Gasteiger partial charge in [-0.3, -0.25) is 4.79 Å². The molecule has 0 aliphatic carbocycles. The molecular formula is C12H16O4. The molecule has 1 unspecified atom stereocenters. The maximum Gasteiger partial charge on any atom is 0.303 e. The molecule has 4 nitrogen and oxygen atoms in total. The van der Waals surface area contributed by atoms with E-state index < -0.39 is 12.1 Å². The fourth-order valence-electron chi connectivity index (χ4n) is 1.43. The van der Waals surface area contributed by atoms with Crippen molar-refractivity contribution in [1.82, 2.24) is 0 Å². The van der Waals surface area contributed by atoms with Gasteiger partial charge in [-0.05, 0) is 30.5 Å². The molecule has 88 valence electrons. The third-order valence-corrected chi connectivity index (χ3v) is 2.32. The van der Waals surface area contributed by atoms with Crippen LogP contribution in [-0.4, -0.2) is 29.4 Å². The average Bonchev–Trinajstić information content (AvgIpc) is 2.27. The van der Waals surface area contributed by atoms with Gasteiger partial charge >= 0.3 is 5.97 Å². The molecular weight excluding hydrogens is 208 g/mol. The Hall–Kier alpha value is -1.55. The summed E-state index contributed by atoms with van der Waals surface area (Å²) in [5.41, 5.74) is 0.971. The summed E-state index contributed by atoms with van der Waals surface area (Å²) in [4.78, 5) is 10.3. The van der Waals surface area contributed by atoms with Gasteiger partial charge in [0.15, 0.2) is 0 Å². The molecule has 0 bridgehead atoms. The first kappa shape index (κ1) is 12.5. The zero-order valence-corrected chi connectivity index (χ0v) is 9.22. The molecule has 0 aliphatic rings. The highest BCUT2D eigenvalue weighted by molar-refractivity contribution is 5.66. The van der Waals surface area contributed by atoms with Gasteiger partial charge in [-0.2, -0.15) is 0 Å². The number of aliphatic hydroxyl groups excluding tert-OH is 1. The second kappa shape index (κ2) is 6.12. The average molecular weight is 224 g/mol. The second-order valence-electron chi connectivity index (χ2n) is 3.64. The van der Waals surface area contributed by atoms with Gasteiger partial charge in [0.2, 0.25) is 0 Å². The summed E-state index contributed by atoms with van der Waals surface area (Å²) in [6, 6.07) is 7.37. The lowest BCUT2D eigenvalue weighted by Crippen LogP contribution is -2.12. The van der Waals surface area contributed by atoms with Crippen LogP contribution in [0, 0.1) is 0 Å². The summed E-state index contributed by atoms with van der Waals surface area (Å²) in [6.07, 6.45) is 0.139. The lowest BCUT2D eigenvalue weighted by Gasteiger charge is -2.09. The van der Waals surface area contributed by atoms with E-state index in [-0.39, 0.29) is 12.8 Å². The van der Waals surface area contributed by atoms with E-state index in [1.54, 1.807) is 7.11 Å². The Morgan fingerprint density at radius 2 is 2.00 bits per heavy atom. The smallest absolute Gasteiger partial charge is 0.303 e. The number of hydrogen-bond donors (Lipinski definition) is 2. The second-order valence-corrected chi connectivity index (χ2v) is 3.64. The van der Waals surface area contributed by atoms with Crippen molar-refractivity contribution in [1.29, 1.82) is 0 Å². The van der Waals surface area contributed by atoms with Gasteiger partial charge in [0.1, 0.15) is 5.75 Å². The minimum atomic E-state index is -0.881. The molecule has 1 aromatic carbocycles. The SMILES string of the molecule is COc1ccc(CC(O)CCC(=O)O)cc1. The first-order valence-electron chi connectivity index (χ1n) is 5.14. The minimum Gasteiger partial charge on any atom is -0.497 e. The molecule has 0 saturated heterocycles. The lowest BCUT2D eigenvalue weighted by molar-refractivity contribution is -0.137. The number of ether oxygens (including phenoxy) is 1. The monoisotopic (exact) mass is 224 g/mol. The Bertz CT molecular complexity index is 331. The van der Waals surface area contributed by atoms with Gasteiger partial charge in [0.25, 0.3) is 0 Å². The molecule has 0 saturated carbocycles. The summed E-state index contributed by atoms with van der Waals surface area (Å²) in [6.45, 7) is 0. The van der Waals surface area contributed by atoms with Gasteiger partial charge in [0.05, 0.1) is 13.2 Å². The fourth-order valence-corrected chi connectivity index (χ4v) is 1.43. The summed E-state index contributed by atoms with van der Waals surface area (Å²) >= 11 is 0. The van der Waals surface area contributed by atoms with Crippen molar-refractivity contribution in [3.63, 3.8) is 0 Å². The summed E-state index contributed by atoms with van der Waals surface area (Å²) in [7, 11) is 1.59. The van der Waals surface area contributed by atoms with Crippen LogP contribution in [0.1, 0.15) is 18.4 Å². The Morgan fingerprint density at radius 3 is 2.50 bits per heavy atom. The largest absolute Gasteiger partial charge is 0.497 e. The molecule has 0 aromatic heterocycles. The molecule has 0 aliphatic heterocycles. The number of hydrogen-bond acceptors (Lipinski definition) is 3. The summed E-state index contributed by atoms with van der Waals surface area (Å²) < 4.78 is 5.01. The number of methoxy groups -OCH3 is 1. The summed E-state index contributed by atoms with van der Waals surface area (Å²) in [5.74, 6) is -0.113.